The Bertz CT molecular complexity index is 305. The minimum Gasteiger partial charge on any atom is -0.347 e. The highest BCUT2D eigenvalue weighted by Gasteiger charge is 2.20. The molecule has 0 unspecified atom stereocenters. The highest BCUT2D eigenvalue weighted by atomic mass is 16.1. The van der Waals surface area contributed by atoms with Crippen molar-refractivity contribution < 1.29 is 4.79 Å². The molecule has 1 aliphatic rings. The van der Waals surface area contributed by atoms with E-state index < -0.39 is 0 Å². The molecule has 0 spiro atoms. The van der Waals surface area contributed by atoms with Crippen molar-refractivity contribution in [2.24, 2.45) is 7.05 Å². The van der Waals surface area contributed by atoms with Crippen molar-refractivity contribution >= 4 is 11.6 Å². The second-order valence-electron chi connectivity index (χ2n) is 3.06. The first-order valence-electron chi connectivity index (χ1n) is 4.02. The Labute approximate surface area is 70.8 Å². The van der Waals surface area contributed by atoms with Crippen LogP contribution in [0.2, 0.25) is 0 Å². The summed E-state index contributed by atoms with van der Waals surface area (Å²) in [4.78, 5) is 13.0. The van der Waals surface area contributed by atoms with Crippen LogP contribution < -0.4 is 4.90 Å². The summed E-state index contributed by atoms with van der Waals surface area (Å²) in [5.74, 6) is 1.21. The van der Waals surface area contributed by atoms with Crippen molar-refractivity contribution in [3.8, 4) is 0 Å². The molecule has 64 valence electrons. The zero-order valence-corrected chi connectivity index (χ0v) is 7.03. The maximum Gasteiger partial charge on any atom is 0.153 e. The van der Waals surface area contributed by atoms with Gasteiger partial charge in [-0.3, -0.25) is 9.48 Å². The van der Waals surface area contributed by atoms with Gasteiger partial charge < -0.3 is 4.90 Å². The van der Waals surface area contributed by atoms with E-state index in [0.29, 0.717) is 18.7 Å². The summed E-state index contributed by atoms with van der Waals surface area (Å²) >= 11 is 0. The summed E-state index contributed by atoms with van der Waals surface area (Å²) in [5, 5.41) is 4.22. The summed E-state index contributed by atoms with van der Waals surface area (Å²) in [7, 11) is 1.88. The Kier molecular flexibility index (Phi) is 1.60. The van der Waals surface area contributed by atoms with Crippen LogP contribution in [0.3, 0.4) is 0 Å². The van der Waals surface area contributed by atoms with Crippen molar-refractivity contribution in [1.82, 2.24) is 9.78 Å². The average Bonchev–Trinajstić information content (AvgIpc) is 2.58. The van der Waals surface area contributed by atoms with Gasteiger partial charge in [0.05, 0.1) is 6.54 Å². The van der Waals surface area contributed by atoms with Crippen LogP contribution in [0.4, 0.5) is 5.82 Å². The predicted molar refractivity (Wildman–Crippen MR) is 45.0 cm³/mol. The number of ketones is 1. The molecule has 0 amide bonds. The van der Waals surface area contributed by atoms with Crippen molar-refractivity contribution in [3.63, 3.8) is 0 Å². The number of aromatic nitrogens is 2. The fraction of sp³-hybridized carbons (Fsp3) is 0.500. The largest absolute Gasteiger partial charge is 0.347 e. The highest BCUT2D eigenvalue weighted by molar-refractivity contribution is 5.86. The molecule has 2 rings (SSSR count). The Morgan fingerprint density at radius 1 is 1.58 bits per heavy atom. The third-order valence-electron chi connectivity index (χ3n) is 2.05. The predicted octanol–water partition coefficient (Wildman–Crippen LogP) is 0.199. The van der Waals surface area contributed by atoms with Gasteiger partial charge in [0.1, 0.15) is 0 Å². The number of rotatable bonds is 1. The lowest BCUT2D eigenvalue weighted by atomic mass is 10.4. The molecule has 1 aliphatic heterocycles. The standard InChI is InChI=1S/C8H11N3O/c1-10-4-3-8(9-10)11-5-2-7(12)6-11/h3-4H,2,5-6H2,1H3. The molecule has 0 radical (unpaired) electrons. The lowest BCUT2D eigenvalue weighted by Gasteiger charge is -2.11. The summed E-state index contributed by atoms with van der Waals surface area (Å²) in [6, 6.07) is 1.93. The number of nitrogens with zero attached hydrogens (tertiary/aromatic N) is 3. The van der Waals surface area contributed by atoms with E-state index in [9.17, 15) is 4.79 Å². The van der Waals surface area contributed by atoms with Gasteiger partial charge in [-0.25, -0.2) is 0 Å². The molecule has 0 aliphatic carbocycles. The second kappa shape index (κ2) is 2.62. The molecule has 4 heteroatoms. The van der Waals surface area contributed by atoms with Crippen molar-refractivity contribution in [1.29, 1.82) is 0 Å². The Hall–Kier alpha value is -1.32. The smallest absolute Gasteiger partial charge is 0.153 e. The zero-order valence-electron chi connectivity index (χ0n) is 7.03. The molecule has 1 fully saturated rings. The van der Waals surface area contributed by atoms with Crippen LogP contribution in [0.1, 0.15) is 6.42 Å². The van der Waals surface area contributed by atoms with Gasteiger partial charge in [0.25, 0.3) is 0 Å². The fourth-order valence-corrected chi connectivity index (χ4v) is 1.40. The topological polar surface area (TPSA) is 38.1 Å². The number of hydrogen-bond donors (Lipinski definition) is 0. The molecule has 1 aromatic heterocycles. The number of carbonyl (C=O) groups is 1. The monoisotopic (exact) mass is 165 g/mol. The lowest BCUT2D eigenvalue weighted by Crippen LogP contribution is -2.20. The Morgan fingerprint density at radius 3 is 2.92 bits per heavy atom. The molecular formula is C8H11N3O. The highest BCUT2D eigenvalue weighted by Crippen LogP contribution is 2.14. The van der Waals surface area contributed by atoms with Crippen LogP contribution in [0, 0.1) is 0 Å². The number of Topliss-reactive ketones (excluding diaryl/α,β-unsaturated/α-hetero) is 1. The molecule has 4 nitrogen and oxygen atoms in total. The molecule has 0 atom stereocenters. The summed E-state index contributed by atoms with van der Waals surface area (Å²) in [6.45, 7) is 1.34. The number of aryl methyl sites for hydroxylation is 1. The molecule has 1 saturated heterocycles. The number of hydrogen-bond acceptors (Lipinski definition) is 3. The van der Waals surface area contributed by atoms with Gasteiger partial charge in [0, 0.05) is 32.3 Å². The minimum absolute atomic E-state index is 0.306. The van der Waals surface area contributed by atoms with Gasteiger partial charge in [-0.15, -0.1) is 0 Å². The minimum atomic E-state index is 0.306. The van der Waals surface area contributed by atoms with Crippen LogP contribution >= 0.6 is 0 Å². The lowest BCUT2D eigenvalue weighted by molar-refractivity contribution is -0.116. The summed E-state index contributed by atoms with van der Waals surface area (Å²) in [5.41, 5.74) is 0. The summed E-state index contributed by atoms with van der Waals surface area (Å²) < 4.78 is 1.75. The van der Waals surface area contributed by atoms with Gasteiger partial charge in [-0.1, -0.05) is 0 Å². The van der Waals surface area contributed by atoms with E-state index in [-0.39, 0.29) is 0 Å². The Balaban J connectivity index is 2.15. The second-order valence-corrected chi connectivity index (χ2v) is 3.06. The van der Waals surface area contributed by atoms with Crippen molar-refractivity contribution in [2.45, 2.75) is 6.42 Å². The van der Waals surface area contributed by atoms with E-state index in [2.05, 4.69) is 5.10 Å². The van der Waals surface area contributed by atoms with Gasteiger partial charge in [-0.05, 0) is 0 Å². The molecular weight excluding hydrogens is 154 g/mol. The quantitative estimate of drug-likeness (QED) is 0.596. The zero-order chi connectivity index (χ0) is 8.55. The average molecular weight is 165 g/mol. The van der Waals surface area contributed by atoms with Gasteiger partial charge in [0.2, 0.25) is 0 Å². The fourth-order valence-electron chi connectivity index (χ4n) is 1.40. The van der Waals surface area contributed by atoms with Crippen molar-refractivity contribution in [2.75, 3.05) is 18.0 Å². The van der Waals surface area contributed by atoms with E-state index in [4.69, 9.17) is 0 Å². The van der Waals surface area contributed by atoms with Gasteiger partial charge in [-0.2, -0.15) is 5.10 Å². The van der Waals surface area contributed by atoms with Crippen LogP contribution in [0.5, 0.6) is 0 Å². The molecule has 0 aromatic carbocycles. The van der Waals surface area contributed by atoms with E-state index in [1.54, 1.807) is 4.68 Å². The first kappa shape index (κ1) is 7.34. The Morgan fingerprint density at radius 2 is 2.42 bits per heavy atom. The van der Waals surface area contributed by atoms with Crippen LogP contribution in [-0.4, -0.2) is 28.7 Å². The molecule has 0 saturated carbocycles. The number of anilines is 1. The van der Waals surface area contributed by atoms with E-state index in [1.165, 1.54) is 0 Å². The maximum absolute atomic E-state index is 11.0. The van der Waals surface area contributed by atoms with Crippen molar-refractivity contribution in [3.05, 3.63) is 12.3 Å². The van der Waals surface area contributed by atoms with Crippen LogP contribution in [0.25, 0.3) is 0 Å². The van der Waals surface area contributed by atoms with Gasteiger partial charge in [0.15, 0.2) is 11.6 Å². The molecule has 2 heterocycles. The summed E-state index contributed by atoms with van der Waals surface area (Å²) in [6.07, 6.45) is 2.55. The first-order chi connectivity index (χ1) is 5.75. The third kappa shape index (κ3) is 1.20. The van der Waals surface area contributed by atoms with Crippen LogP contribution in [-0.2, 0) is 11.8 Å². The van der Waals surface area contributed by atoms with Crippen LogP contribution in [0.15, 0.2) is 12.3 Å². The molecule has 0 N–H and O–H groups in total. The van der Waals surface area contributed by atoms with E-state index in [0.717, 1.165) is 12.4 Å². The van der Waals surface area contributed by atoms with E-state index >= 15 is 0 Å². The third-order valence-corrected chi connectivity index (χ3v) is 2.05. The molecule has 1 aromatic rings. The van der Waals surface area contributed by atoms with Gasteiger partial charge >= 0.3 is 0 Å². The molecule has 0 bridgehead atoms. The normalized spacial score (nSPS) is 17.4. The number of carbonyl (C=O) groups excluding carboxylic acids is 1. The molecule has 12 heavy (non-hydrogen) atoms. The first-order valence-corrected chi connectivity index (χ1v) is 4.02. The SMILES string of the molecule is Cn1ccc(N2CCC(=O)C2)n1. The van der Waals surface area contributed by atoms with E-state index in [1.807, 2.05) is 24.2 Å². The maximum atomic E-state index is 11.0.